The predicted octanol–water partition coefficient (Wildman–Crippen LogP) is 4.43. The van der Waals surface area contributed by atoms with Crippen molar-refractivity contribution in [3.63, 3.8) is 0 Å². The molecule has 2 aromatic heterocycles. The number of hydroxylamine groups is 1. The Kier molecular flexibility index (Phi) is 6.28. The molecule has 0 aliphatic rings. The van der Waals surface area contributed by atoms with Crippen LogP contribution in [0.1, 0.15) is 32.6 Å². The summed E-state index contributed by atoms with van der Waals surface area (Å²) >= 11 is 0. The monoisotopic (exact) mass is 428 g/mol. The van der Waals surface area contributed by atoms with Crippen molar-refractivity contribution in [3.05, 3.63) is 107 Å². The molecular weight excluding hydrogens is 404 g/mol. The first-order chi connectivity index (χ1) is 15.6. The zero-order valence-electron chi connectivity index (χ0n) is 18.0. The summed E-state index contributed by atoms with van der Waals surface area (Å²) in [7, 11) is 1.62. The van der Waals surface area contributed by atoms with Gasteiger partial charge >= 0.3 is 5.97 Å². The van der Waals surface area contributed by atoms with Gasteiger partial charge in [0.05, 0.1) is 24.9 Å². The molecule has 0 fully saturated rings. The fourth-order valence-corrected chi connectivity index (χ4v) is 3.73. The fourth-order valence-electron chi connectivity index (χ4n) is 3.73. The molecule has 2 heterocycles. The van der Waals surface area contributed by atoms with E-state index in [-0.39, 0.29) is 0 Å². The molecule has 0 radical (unpaired) electrons. The molecule has 0 unspecified atom stereocenters. The maximum atomic E-state index is 11.7. The summed E-state index contributed by atoms with van der Waals surface area (Å²) in [6.45, 7) is 2.48. The summed E-state index contributed by atoms with van der Waals surface area (Å²) in [6, 6.07) is 18.9. The lowest BCUT2D eigenvalue weighted by Gasteiger charge is -2.23. The van der Waals surface area contributed by atoms with Crippen LogP contribution in [0.15, 0.2) is 79.3 Å². The van der Waals surface area contributed by atoms with E-state index in [4.69, 9.17) is 4.84 Å². The van der Waals surface area contributed by atoms with Crippen LogP contribution < -0.4 is 5.06 Å². The average molecular weight is 428 g/mol. The number of anilines is 1. The van der Waals surface area contributed by atoms with Crippen LogP contribution >= 0.6 is 0 Å². The first-order valence-corrected chi connectivity index (χ1v) is 10.2. The molecule has 0 saturated carbocycles. The Balaban J connectivity index is 1.72. The molecule has 1 N–H and O–H groups in total. The molecule has 0 atom stereocenters. The molecule has 0 bridgehead atoms. The highest BCUT2D eigenvalue weighted by atomic mass is 16.7. The molecule has 0 saturated heterocycles. The Morgan fingerprint density at radius 3 is 2.62 bits per heavy atom. The normalized spacial score (nSPS) is 10.8. The molecule has 2 aromatic carbocycles. The second kappa shape index (κ2) is 9.45. The van der Waals surface area contributed by atoms with E-state index in [9.17, 15) is 9.90 Å². The standard InChI is InChI=1S/C25H24N4O3/c1-18-7-5-12-26-24(18)29(32-2)17-19-10-11-23(28-14-6-13-27-28)21(15-19)16-20-8-3-4-9-22(20)25(30)31/h3-15H,16-17H2,1-2H3,(H,30,31). The van der Waals surface area contributed by atoms with Crippen LogP contribution in [0.5, 0.6) is 0 Å². The molecule has 0 aliphatic carbocycles. The van der Waals surface area contributed by atoms with Crippen molar-refractivity contribution >= 4 is 11.8 Å². The topological polar surface area (TPSA) is 80.5 Å². The first-order valence-electron chi connectivity index (χ1n) is 10.2. The maximum absolute atomic E-state index is 11.7. The van der Waals surface area contributed by atoms with E-state index < -0.39 is 5.97 Å². The summed E-state index contributed by atoms with van der Waals surface area (Å²) in [4.78, 5) is 21.8. The van der Waals surface area contributed by atoms with E-state index in [1.54, 1.807) is 41.4 Å². The van der Waals surface area contributed by atoms with Gasteiger partial charge in [-0.05, 0) is 53.4 Å². The Bertz CT molecular complexity index is 1220. The zero-order chi connectivity index (χ0) is 22.5. The summed E-state index contributed by atoms with van der Waals surface area (Å²) in [5.41, 5.74) is 4.93. The summed E-state index contributed by atoms with van der Waals surface area (Å²) in [5.74, 6) is -0.183. The average Bonchev–Trinajstić information content (AvgIpc) is 3.33. The van der Waals surface area contributed by atoms with Crippen LogP contribution in [-0.2, 0) is 17.8 Å². The van der Waals surface area contributed by atoms with Gasteiger partial charge in [0.2, 0.25) is 0 Å². The van der Waals surface area contributed by atoms with Crippen molar-refractivity contribution in [1.82, 2.24) is 14.8 Å². The number of nitrogens with zero attached hydrogens (tertiary/aromatic N) is 4. The fraction of sp³-hybridized carbons (Fsp3) is 0.160. The second-order valence-corrected chi connectivity index (χ2v) is 7.42. The minimum absolute atomic E-state index is 0.298. The van der Waals surface area contributed by atoms with Crippen molar-refractivity contribution in [2.45, 2.75) is 19.9 Å². The van der Waals surface area contributed by atoms with Gasteiger partial charge in [0.15, 0.2) is 5.82 Å². The molecule has 32 heavy (non-hydrogen) atoms. The lowest BCUT2D eigenvalue weighted by atomic mass is 9.97. The van der Waals surface area contributed by atoms with Crippen molar-refractivity contribution in [2.24, 2.45) is 0 Å². The maximum Gasteiger partial charge on any atom is 0.335 e. The molecular formula is C25H24N4O3. The molecule has 0 aliphatic heterocycles. The van der Waals surface area contributed by atoms with E-state index in [1.807, 2.05) is 55.6 Å². The number of hydrogen-bond acceptors (Lipinski definition) is 5. The summed E-state index contributed by atoms with van der Waals surface area (Å²) in [6.07, 6.45) is 5.80. The molecule has 7 nitrogen and oxygen atoms in total. The third-order valence-corrected chi connectivity index (χ3v) is 5.29. The molecule has 4 rings (SSSR count). The molecule has 7 heteroatoms. The molecule has 0 amide bonds. The van der Waals surface area contributed by atoms with Crippen LogP contribution in [0, 0.1) is 6.92 Å². The Morgan fingerprint density at radius 2 is 1.91 bits per heavy atom. The highest BCUT2D eigenvalue weighted by molar-refractivity contribution is 5.89. The highest BCUT2D eigenvalue weighted by Gasteiger charge is 2.16. The van der Waals surface area contributed by atoms with Crippen LogP contribution in [0.2, 0.25) is 0 Å². The largest absolute Gasteiger partial charge is 0.478 e. The predicted molar refractivity (Wildman–Crippen MR) is 122 cm³/mol. The first kappa shape index (κ1) is 21.3. The van der Waals surface area contributed by atoms with E-state index >= 15 is 0 Å². The molecule has 162 valence electrons. The van der Waals surface area contributed by atoms with Crippen LogP contribution in [0.25, 0.3) is 5.69 Å². The zero-order valence-corrected chi connectivity index (χ0v) is 18.0. The Labute approximate surface area is 186 Å². The third-order valence-electron chi connectivity index (χ3n) is 5.29. The number of aromatic nitrogens is 3. The Morgan fingerprint density at radius 1 is 1.06 bits per heavy atom. The van der Waals surface area contributed by atoms with Crippen LogP contribution in [-0.4, -0.2) is 33.0 Å². The van der Waals surface area contributed by atoms with Gasteiger partial charge in [0.25, 0.3) is 0 Å². The number of aryl methyl sites for hydroxylation is 1. The quantitative estimate of drug-likeness (QED) is 0.418. The molecule has 4 aromatic rings. The number of aromatic carboxylic acids is 1. The van der Waals surface area contributed by atoms with Gasteiger partial charge in [-0.15, -0.1) is 0 Å². The minimum Gasteiger partial charge on any atom is -0.478 e. The van der Waals surface area contributed by atoms with Crippen molar-refractivity contribution in [1.29, 1.82) is 0 Å². The summed E-state index contributed by atoms with van der Waals surface area (Å²) in [5, 5.41) is 15.7. The van der Waals surface area contributed by atoms with Gasteiger partial charge in [0, 0.05) is 25.0 Å². The third kappa shape index (κ3) is 4.53. The lowest BCUT2D eigenvalue weighted by Crippen LogP contribution is -2.23. The van der Waals surface area contributed by atoms with Crippen LogP contribution in [0.3, 0.4) is 0 Å². The highest BCUT2D eigenvalue weighted by Crippen LogP contribution is 2.24. The van der Waals surface area contributed by atoms with E-state index in [0.29, 0.717) is 18.5 Å². The van der Waals surface area contributed by atoms with Crippen LogP contribution in [0.4, 0.5) is 5.82 Å². The van der Waals surface area contributed by atoms with E-state index in [1.165, 1.54) is 0 Å². The van der Waals surface area contributed by atoms with Gasteiger partial charge in [0.1, 0.15) is 0 Å². The van der Waals surface area contributed by atoms with Crippen molar-refractivity contribution in [2.75, 3.05) is 12.2 Å². The van der Waals surface area contributed by atoms with Crippen molar-refractivity contribution < 1.29 is 14.7 Å². The number of carbonyl (C=O) groups is 1. The summed E-state index contributed by atoms with van der Waals surface area (Å²) < 4.78 is 1.79. The molecule has 0 spiro atoms. The van der Waals surface area contributed by atoms with Gasteiger partial charge in [-0.2, -0.15) is 5.10 Å². The number of carboxylic acid groups (broad SMARTS) is 1. The van der Waals surface area contributed by atoms with E-state index in [0.717, 1.165) is 33.8 Å². The SMILES string of the molecule is CON(Cc1ccc(-n2cccn2)c(Cc2ccccc2C(=O)O)c1)c1ncccc1C. The van der Waals surface area contributed by atoms with Gasteiger partial charge in [-0.1, -0.05) is 36.4 Å². The minimum atomic E-state index is -0.937. The Hall–Kier alpha value is -3.97. The van der Waals surface area contributed by atoms with E-state index in [2.05, 4.69) is 16.1 Å². The smallest absolute Gasteiger partial charge is 0.335 e. The van der Waals surface area contributed by atoms with Crippen molar-refractivity contribution in [3.8, 4) is 5.69 Å². The number of pyridine rings is 1. The number of rotatable bonds is 8. The van der Waals surface area contributed by atoms with Gasteiger partial charge in [-0.3, -0.25) is 4.84 Å². The number of carboxylic acids is 1. The number of benzene rings is 2. The lowest BCUT2D eigenvalue weighted by molar-refractivity contribution is 0.0696. The van der Waals surface area contributed by atoms with Gasteiger partial charge < -0.3 is 5.11 Å². The second-order valence-electron chi connectivity index (χ2n) is 7.42. The van der Waals surface area contributed by atoms with Gasteiger partial charge in [-0.25, -0.2) is 19.5 Å². The number of hydrogen-bond donors (Lipinski definition) is 1.